The van der Waals surface area contributed by atoms with Gasteiger partial charge in [-0.3, -0.25) is 4.90 Å². The highest BCUT2D eigenvalue weighted by Gasteiger charge is 2.26. The second kappa shape index (κ2) is 8.92. The molecule has 0 radical (unpaired) electrons. The van der Waals surface area contributed by atoms with Crippen LogP contribution in [-0.2, 0) is 17.1 Å². The minimum absolute atomic E-state index is 0.330. The van der Waals surface area contributed by atoms with E-state index in [4.69, 9.17) is 0 Å². The summed E-state index contributed by atoms with van der Waals surface area (Å²) < 4.78 is 27.5. The van der Waals surface area contributed by atoms with Crippen LogP contribution in [0.25, 0.3) is 0 Å². The van der Waals surface area contributed by atoms with Gasteiger partial charge in [0.15, 0.2) is 10.7 Å². The van der Waals surface area contributed by atoms with E-state index in [0.29, 0.717) is 6.42 Å². The zero-order valence-corrected chi connectivity index (χ0v) is 17.0. The third-order valence-electron chi connectivity index (χ3n) is 4.74. The maximum absolute atomic E-state index is 11.5. The summed E-state index contributed by atoms with van der Waals surface area (Å²) in [5.41, 5.74) is 2.46. The third kappa shape index (κ3) is 4.81. The number of benzene rings is 1. The summed E-state index contributed by atoms with van der Waals surface area (Å²) in [4.78, 5) is 8.99. The van der Waals surface area contributed by atoms with Crippen molar-refractivity contribution in [3.8, 4) is 0 Å². The molecule has 1 aliphatic heterocycles. The topological polar surface area (TPSA) is 66.4 Å². The van der Waals surface area contributed by atoms with E-state index >= 15 is 0 Å². The van der Waals surface area contributed by atoms with Gasteiger partial charge in [-0.25, -0.2) is 13.4 Å². The first-order chi connectivity index (χ1) is 12.6. The Bertz CT molecular complexity index is 773. The smallest absolute Gasteiger partial charge is 0.205 e. The Labute approximate surface area is 161 Å². The summed E-state index contributed by atoms with van der Waals surface area (Å²) in [6.07, 6.45) is 2.33. The molecule has 1 atom stereocenters. The van der Waals surface area contributed by atoms with E-state index < -0.39 is 10.7 Å². The maximum atomic E-state index is 11.5. The van der Waals surface area contributed by atoms with Crippen LogP contribution >= 0.6 is 11.5 Å². The standard InChI is InChI=1S/C18H26N4O2S2/c1-3-4-17(26(23)24)21-9-11-22(12-10-21)18-19-16(20-25-18)13-15-7-5-14(2)6-8-15/h5-8,17,26H,3-4,9-13H2,1-2H3. The molecule has 1 unspecified atom stereocenters. The summed E-state index contributed by atoms with van der Waals surface area (Å²) >= 11 is 1.43. The van der Waals surface area contributed by atoms with Crippen molar-refractivity contribution in [1.29, 1.82) is 0 Å². The molecule has 2 heterocycles. The number of anilines is 1. The average molecular weight is 395 g/mol. The van der Waals surface area contributed by atoms with Gasteiger partial charge in [-0.15, -0.1) is 0 Å². The third-order valence-corrected chi connectivity index (χ3v) is 6.62. The lowest BCUT2D eigenvalue weighted by molar-refractivity contribution is 0.226. The van der Waals surface area contributed by atoms with Crippen molar-refractivity contribution in [2.75, 3.05) is 31.1 Å². The summed E-state index contributed by atoms with van der Waals surface area (Å²) in [6.45, 7) is 7.20. The van der Waals surface area contributed by atoms with Gasteiger partial charge in [-0.2, -0.15) is 4.37 Å². The van der Waals surface area contributed by atoms with Crippen molar-refractivity contribution in [3.05, 3.63) is 41.2 Å². The molecular weight excluding hydrogens is 368 g/mol. The number of thiol groups is 1. The maximum Gasteiger partial charge on any atom is 0.205 e. The highest BCUT2D eigenvalue weighted by Crippen LogP contribution is 2.22. The van der Waals surface area contributed by atoms with Crippen LogP contribution in [0.2, 0.25) is 0 Å². The molecule has 6 nitrogen and oxygen atoms in total. The van der Waals surface area contributed by atoms with Crippen molar-refractivity contribution < 1.29 is 8.42 Å². The van der Waals surface area contributed by atoms with Gasteiger partial charge in [-0.05, 0) is 18.9 Å². The number of hydrogen-bond donors (Lipinski definition) is 1. The van der Waals surface area contributed by atoms with E-state index in [0.717, 1.165) is 50.0 Å². The second-order valence-corrected chi connectivity index (χ2v) is 8.63. The molecule has 1 fully saturated rings. The SMILES string of the molecule is CCCC(N1CCN(c2nc(Cc3ccc(C)cc3)ns2)CC1)[SH](=O)=O. The second-order valence-electron chi connectivity index (χ2n) is 6.73. The Hall–Kier alpha value is -1.51. The molecule has 0 spiro atoms. The number of rotatable bonds is 7. The zero-order chi connectivity index (χ0) is 18.5. The van der Waals surface area contributed by atoms with Gasteiger partial charge >= 0.3 is 0 Å². The summed E-state index contributed by atoms with van der Waals surface area (Å²) in [5.74, 6) is 0.850. The van der Waals surface area contributed by atoms with Crippen LogP contribution in [0.1, 0.15) is 36.7 Å². The fourth-order valence-electron chi connectivity index (χ4n) is 3.22. The van der Waals surface area contributed by atoms with Crippen molar-refractivity contribution in [1.82, 2.24) is 14.3 Å². The average Bonchev–Trinajstić information content (AvgIpc) is 3.10. The van der Waals surface area contributed by atoms with Gasteiger partial charge in [0.25, 0.3) is 0 Å². The Morgan fingerprint density at radius 1 is 1.15 bits per heavy atom. The molecular formula is C18H26N4O2S2. The van der Waals surface area contributed by atoms with Gasteiger partial charge in [0.05, 0.1) is 0 Å². The lowest BCUT2D eigenvalue weighted by atomic mass is 10.1. The van der Waals surface area contributed by atoms with Gasteiger partial charge < -0.3 is 4.90 Å². The Kier molecular flexibility index (Phi) is 6.61. The number of aromatic nitrogens is 2. The summed E-state index contributed by atoms with van der Waals surface area (Å²) in [7, 11) is -2.41. The molecule has 26 heavy (non-hydrogen) atoms. The fourth-order valence-corrected chi connectivity index (χ4v) is 4.93. The van der Waals surface area contributed by atoms with Crippen molar-refractivity contribution >= 4 is 27.4 Å². The van der Waals surface area contributed by atoms with Crippen LogP contribution in [0.5, 0.6) is 0 Å². The van der Waals surface area contributed by atoms with Crippen molar-refractivity contribution in [2.45, 2.75) is 38.5 Å². The van der Waals surface area contributed by atoms with Crippen molar-refractivity contribution in [3.63, 3.8) is 0 Å². The van der Waals surface area contributed by atoms with Crippen LogP contribution in [-0.4, -0.2) is 54.2 Å². The molecule has 0 amide bonds. The summed E-state index contributed by atoms with van der Waals surface area (Å²) in [5, 5.41) is 0.606. The minimum atomic E-state index is -2.41. The molecule has 0 bridgehead atoms. The van der Waals surface area contributed by atoms with Gasteiger partial charge in [0.2, 0.25) is 5.13 Å². The van der Waals surface area contributed by atoms with Crippen LogP contribution in [0.15, 0.2) is 24.3 Å². The highest BCUT2D eigenvalue weighted by molar-refractivity contribution is 7.73. The number of hydrogen-bond acceptors (Lipinski definition) is 7. The predicted octanol–water partition coefficient (Wildman–Crippen LogP) is 2.30. The molecule has 0 aliphatic carbocycles. The van der Waals surface area contributed by atoms with Gasteiger partial charge in [0.1, 0.15) is 11.2 Å². The molecule has 2 aromatic rings. The van der Waals surface area contributed by atoms with Crippen LogP contribution < -0.4 is 4.90 Å². The largest absolute Gasteiger partial charge is 0.344 e. The minimum Gasteiger partial charge on any atom is -0.344 e. The molecule has 3 rings (SSSR count). The lowest BCUT2D eigenvalue weighted by Crippen LogP contribution is -2.50. The van der Waals surface area contributed by atoms with Gasteiger partial charge in [0, 0.05) is 44.1 Å². The molecule has 0 N–H and O–H groups in total. The predicted molar refractivity (Wildman–Crippen MR) is 107 cm³/mol. The van der Waals surface area contributed by atoms with E-state index in [-0.39, 0.29) is 5.37 Å². The lowest BCUT2D eigenvalue weighted by Gasteiger charge is -2.36. The number of aryl methyl sites for hydroxylation is 1. The monoisotopic (exact) mass is 394 g/mol. The Morgan fingerprint density at radius 2 is 1.85 bits per heavy atom. The van der Waals surface area contributed by atoms with E-state index in [1.807, 2.05) is 6.92 Å². The first-order valence-corrected chi connectivity index (χ1v) is 11.1. The van der Waals surface area contributed by atoms with E-state index in [1.165, 1.54) is 22.7 Å². The zero-order valence-electron chi connectivity index (χ0n) is 15.3. The van der Waals surface area contributed by atoms with E-state index in [9.17, 15) is 8.42 Å². The van der Waals surface area contributed by atoms with Crippen LogP contribution in [0, 0.1) is 6.92 Å². The van der Waals surface area contributed by atoms with Crippen LogP contribution in [0.4, 0.5) is 5.13 Å². The number of piperazine rings is 1. The molecule has 1 aliphatic rings. The van der Waals surface area contributed by atoms with E-state index in [1.54, 1.807) is 0 Å². The van der Waals surface area contributed by atoms with Gasteiger partial charge in [-0.1, -0.05) is 43.2 Å². The first kappa shape index (κ1) is 19.3. The molecule has 0 saturated carbocycles. The quantitative estimate of drug-likeness (QED) is 0.727. The normalized spacial score (nSPS) is 17.0. The molecule has 142 valence electrons. The number of nitrogens with zero attached hydrogens (tertiary/aromatic N) is 4. The first-order valence-electron chi connectivity index (χ1n) is 9.07. The highest BCUT2D eigenvalue weighted by atomic mass is 32.2. The molecule has 1 saturated heterocycles. The van der Waals surface area contributed by atoms with Crippen LogP contribution in [0.3, 0.4) is 0 Å². The Balaban J connectivity index is 1.58. The molecule has 8 heteroatoms. The summed E-state index contributed by atoms with van der Waals surface area (Å²) in [6, 6.07) is 8.45. The molecule has 1 aromatic carbocycles. The van der Waals surface area contributed by atoms with Crippen molar-refractivity contribution in [2.24, 2.45) is 0 Å². The molecule has 1 aromatic heterocycles. The fraction of sp³-hybridized carbons (Fsp3) is 0.556. The Morgan fingerprint density at radius 3 is 2.46 bits per heavy atom. The van der Waals surface area contributed by atoms with E-state index in [2.05, 4.69) is 50.3 Å².